The molecule has 0 radical (unpaired) electrons. The summed E-state index contributed by atoms with van der Waals surface area (Å²) < 4.78 is 0. The number of benzene rings is 1. The second-order valence-corrected chi connectivity index (χ2v) is 4.09. The maximum Gasteiger partial charge on any atom is 0.306 e. The molecule has 1 N–H and O–H groups in total. The van der Waals surface area contributed by atoms with Gasteiger partial charge in [-0.05, 0) is 0 Å². The summed E-state index contributed by atoms with van der Waals surface area (Å²) >= 11 is 0. The van der Waals surface area contributed by atoms with Crippen molar-refractivity contribution in [2.45, 2.75) is 13.8 Å². The van der Waals surface area contributed by atoms with Gasteiger partial charge in [0, 0.05) is 23.6 Å². The number of non-ortho nitro benzene ring substituents is 1. The van der Waals surface area contributed by atoms with Gasteiger partial charge < -0.3 is 5.11 Å². The van der Waals surface area contributed by atoms with Gasteiger partial charge >= 0.3 is 5.97 Å². The van der Waals surface area contributed by atoms with Crippen LogP contribution in [0.25, 0.3) is 0 Å². The Morgan fingerprint density at radius 3 is 2.39 bits per heavy atom. The molecule has 0 aliphatic carbocycles. The highest BCUT2D eigenvalue weighted by molar-refractivity contribution is 6.00. The van der Waals surface area contributed by atoms with E-state index >= 15 is 0 Å². The molecular formula is C12H13NO5. The summed E-state index contributed by atoms with van der Waals surface area (Å²) in [4.78, 5) is 32.8. The minimum absolute atomic E-state index is 0.157. The quantitative estimate of drug-likeness (QED) is 0.491. The van der Waals surface area contributed by atoms with E-state index in [9.17, 15) is 19.7 Å². The van der Waals surface area contributed by atoms with Gasteiger partial charge in [0.2, 0.25) is 0 Å². The molecule has 0 saturated heterocycles. The summed E-state index contributed by atoms with van der Waals surface area (Å²) in [5.74, 6) is -3.05. The molecule has 2 atom stereocenters. The molecule has 2 unspecified atom stereocenters. The Hall–Kier alpha value is -2.24. The number of hydrogen-bond donors (Lipinski definition) is 1. The average Bonchev–Trinajstić information content (AvgIpc) is 2.36. The SMILES string of the molecule is CC(C(=O)O)C(C)C(=O)c1cccc([N+](=O)[O-])c1. The van der Waals surface area contributed by atoms with Crippen LogP contribution in [-0.4, -0.2) is 21.8 Å². The van der Waals surface area contributed by atoms with E-state index in [1.807, 2.05) is 0 Å². The number of nitrogens with zero attached hydrogens (tertiary/aromatic N) is 1. The molecule has 0 spiro atoms. The van der Waals surface area contributed by atoms with E-state index in [0.717, 1.165) is 6.07 Å². The molecule has 0 aromatic heterocycles. The molecule has 0 aliphatic heterocycles. The molecule has 1 aromatic carbocycles. The Morgan fingerprint density at radius 1 is 1.28 bits per heavy atom. The van der Waals surface area contributed by atoms with Crippen LogP contribution in [0.5, 0.6) is 0 Å². The third-order valence-electron chi connectivity index (χ3n) is 2.89. The van der Waals surface area contributed by atoms with Crippen molar-refractivity contribution in [1.29, 1.82) is 0 Å². The fourth-order valence-corrected chi connectivity index (χ4v) is 1.48. The lowest BCUT2D eigenvalue weighted by molar-refractivity contribution is -0.384. The number of nitro groups is 1. The molecule has 0 heterocycles. The first-order valence-corrected chi connectivity index (χ1v) is 5.36. The third-order valence-corrected chi connectivity index (χ3v) is 2.89. The number of nitro benzene ring substituents is 1. The number of hydrogen-bond acceptors (Lipinski definition) is 4. The van der Waals surface area contributed by atoms with Crippen LogP contribution in [0.4, 0.5) is 5.69 Å². The van der Waals surface area contributed by atoms with E-state index in [0.29, 0.717) is 0 Å². The molecule has 0 amide bonds. The molecule has 96 valence electrons. The van der Waals surface area contributed by atoms with Crippen molar-refractivity contribution in [2.75, 3.05) is 0 Å². The van der Waals surface area contributed by atoms with E-state index in [2.05, 4.69) is 0 Å². The van der Waals surface area contributed by atoms with E-state index in [1.165, 1.54) is 32.0 Å². The first-order chi connectivity index (χ1) is 8.34. The minimum Gasteiger partial charge on any atom is -0.481 e. The van der Waals surface area contributed by atoms with Crippen molar-refractivity contribution in [3.8, 4) is 0 Å². The number of carboxylic acid groups (broad SMARTS) is 1. The number of ketones is 1. The monoisotopic (exact) mass is 251 g/mol. The maximum atomic E-state index is 12.0. The zero-order chi connectivity index (χ0) is 13.9. The Bertz CT molecular complexity index is 497. The zero-order valence-corrected chi connectivity index (χ0v) is 9.99. The average molecular weight is 251 g/mol. The van der Waals surface area contributed by atoms with E-state index in [1.54, 1.807) is 0 Å². The lowest BCUT2D eigenvalue weighted by Gasteiger charge is -2.14. The summed E-state index contributed by atoms with van der Waals surface area (Å²) in [5, 5.41) is 19.4. The topological polar surface area (TPSA) is 97.5 Å². The first kappa shape index (κ1) is 13.8. The van der Waals surface area contributed by atoms with Crippen molar-refractivity contribution in [3.63, 3.8) is 0 Å². The summed E-state index contributed by atoms with van der Waals surface area (Å²) in [6, 6.07) is 5.29. The van der Waals surface area contributed by atoms with Crippen LogP contribution in [0.1, 0.15) is 24.2 Å². The molecule has 0 aliphatic rings. The number of carbonyl (C=O) groups is 2. The summed E-state index contributed by atoms with van der Waals surface area (Å²) in [5.41, 5.74) is -0.0270. The summed E-state index contributed by atoms with van der Waals surface area (Å²) in [6.07, 6.45) is 0. The van der Waals surface area contributed by atoms with Gasteiger partial charge in [-0.2, -0.15) is 0 Å². The minimum atomic E-state index is -1.07. The molecule has 1 aromatic rings. The second kappa shape index (κ2) is 5.39. The van der Waals surface area contributed by atoms with Gasteiger partial charge in [0.1, 0.15) is 0 Å². The highest BCUT2D eigenvalue weighted by Gasteiger charge is 2.27. The Morgan fingerprint density at radius 2 is 1.89 bits per heavy atom. The Kier molecular flexibility index (Phi) is 4.14. The van der Waals surface area contributed by atoms with Gasteiger partial charge in [-0.15, -0.1) is 0 Å². The highest BCUT2D eigenvalue weighted by Crippen LogP contribution is 2.20. The van der Waals surface area contributed by atoms with Gasteiger partial charge in [-0.25, -0.2) is 0 Å². The van der Waals surface area contributed by atoms with Crippen LogP contribution in [0.2, 0.25) is 0 Å². The van der Waals surface area contributed by atoms with Gasteiger partial charge in [0.15, 0.2) is 5.78 Å². The number of rotatable bonds is 5. The molecule has 1 rings (SSSR count). The van der Waals surface area contributed by atoms with Crippen molar-refractivity contribution in [3.05, 3.63) is 39.9 Å². The predicted octanol–water partition coefficient (Wildman–Crippen LogP) is 2.13. The number of Topliss-reactive ketones (excluding diaryl/α,β-unsaturated/α-hetero) is 1. The normalized spacial score (nSPS) is 13.7. The fraction of sp³-hybridized carbons (Fsp3) is 0.333. The second-order valence-electron chi connectivity index (χ2n) is 4.09. The lowest BCUT2D eigenvalue weighted by Crippen LogP contribution is -2.25. The van der Waals surface area contributed by atoms with Gasteiger partial charge in [0.25, 0.3) is 5.69 Å². The van der Waals surface area contributed by atoms with Crippen LogP contribution in [0, 0.1) is 22.0 Å². The maximum absolute atomic E-state index is 12.0. The molecular weight excluding hydrogens is 238 g/mol. The Labute approximate surface area is 103 Å². The van der Waals surface area contributed by atoms with E-state index in [-0.39, 0.29) is 11.3 Å². The summed E-state index contributed by atoms with van der Waals surface area (Å²) in [7, 11) is 0. The van der Waals surface area contributed by atoms with Crippen LogP contribution in [0.15, 0.2) is 24.3 Å². The number of aliphatic carboxylic acids is 1. The van der Waals surface area contributed by atoms with E-state index < -0.39 is 28.5 Å². The van der Waals surface area contributed by atoms with E-state index in [4.69, 9.17) is 5.11 Å². The largest absolute Gasteiger partial charge is 0.481 e. The Balaban J connectivity index is 3.00. The van der Waals surface area contributed by atoms with Crippen LogP contribution in [-0.2, 0) is 4.79 Å². The van der Waals surface area contributed by atoms with Crippen molar-refractivity contribution < 1.29 is 19.6 Å². The lowest BCUT2D eigenvalue weighted by atomic mass is 9.88. The standard InChI is InChI=1S/C12H13NO5/c1-7(8(2)12(15)16)11(14)9-4-3-5-10(6-9)13(17)18/h3-8H,1-2H3,(H,15,16). The van der Waals surface area contributed by atoms with Crippen LogP contribution >= 0.6 is 0 Å². The van der Waals surface area contributed by atoms with Gasteiger partial charge in [-0.3, -0.25) is 19.7 Å². The van der Waals surface area contributed by atoms with Gasteiger partial charge in [0.05, 0.1) is 10.8 Å². The van der Waals surface area contributed by atoms with Gasteiger partial charge in [-0.1, -0.05) is 26.0 Å². The molecule has 0 saturated carbocycles. The molecule has 6 nitrogen and oxygen atoms in total. The first-order valence-electron chi connectivity index (χ1n) is 5.36. The molecule has 0 bridgehead atoms. The predicted molar refractivity (Wildman–Crippen MR) is 63.4 cm³/mol. The summed E-state index contributed by atoms with van der Waals surface area (Å²) in [6.45, 7) is 2.93. The third kappa shape index (κ3) is 2.91. The van der Waals surface area contributed by atoms with Crippen molar-refractivity contribution in [1.82, 2.24) is 0 Å². The highest BCUT2D eigenvalue weighted by atomic mass is 16.6. The van der Waals surface area contributed by atoms with Crippen LogP contribution < -0.4 is 0 Å². The molecule has 0 fully saturated rings. The molecule has 18 heavy (non-hydrogen) atoms. The number of carboxylic acids is 1. The smallest absolute Gasteiger partial charge is 0.306 e. The van der Waals surface area contributed by atoms with Crippen LogP contribution in [0.3, 0.4) is 0 Å². The molecule has 6 heteroatoms. The van der Waals surface area contributed by atoms with Crippen molar-refractivity contribution in [2.24, 2.45) is 11.8 Å². The zero-order valence-electron chi connectivity index (χ0n) is 9.99. The fourth-order valence-electron chi connectivity index (χ4n) is 1.48. The van der Waals surface area contributed by atoms with Crippen molar-refractivity contribution >= 4 is 17.4 Å². The number of carbonyl (C=O) groups excluding carboxylic acids is 1.